The third-order valence-corrected chi connectivity index (χ3v) is 5.33. The average molecular weight is 461 g/mol. The summed E-state index contributed by atoms with van der Waals surface area (Å²) in [6, 6.07) is 6.69. The van der Waals surface area contributed by atoms with Gasteiger partial charge in [-0.2, -0.15) is 26.3 Å². The highest BCUT2D eigenvalue weighted by Gasteiger charge is 2.60. The van der Waals surface area contributed by atoms with Gasteiger partial charge < -0.3 is 18.5 Å². The van der Waals surface area contributed by atoms with Crippen LogP contribution in [0, 0.1) is 12.8 Å². The van der Waals surface area contributed by atoms with E-state index in [1.807, 2.05) is 6.92 Å². The highest BCUT2D eigenvalue weighted by molar-refractivity contribution is 7.80. The summed E-state index contributed by atoms with van der Waals surface area (Å²) in [5.74, 6) is -0.241. The lowest BCUT2D eigenvalue weighted by Crippen LogP contribution is -2.49. The summed E-state index contributed by atoms with van der Waals surface area (Å²) >= 11 is -2.58. The topological polar surface area (TPSA) is 72.9 Å². The first kappa shape index (κ1) is 24.3. The summed E-state index contributed by atoms with van der Waals surface area (Å²) in [7, 11) is 0. The van der Waals surface area contributed by atoms with Crippen molar-refractivity contribution in [2.45, 2.75) is 38.2 Å². The van der Waals surface area contributed by atoms with Crippen molar-refractivity contribution in [2.75, 3.05) is 23.9 Å². The Bertz CT molecular complexity index is 734. The predicted octanol–water partition coefficient (Wildman–Crippen LogP) is 3.94. The van der Waals surface area contributed by atoms with Crippen LogP contribution in [0.2, 0.25) is 0 Å². The first-order valence-corrected chi connectivity index (χ1v) is 9.84. The third kappa shape index (κ3) is 6.49. The molecule has 1 amide bonds. The summed E-state index contributed by atoms with van der Waals surface area (Å²) < 4.78 is 103. The molecule has 0 bridgehead atoms. The third-order valence-electron chi connectivity index (χ3n) is 4.61. The molecule has 0 aliphatic carbocycles. The molecular formula is C17H19F6N2O4S-. The standard InChI is InChI=1S/C17H20F6N2O4S/c1-11-2-4-13(5-3-11)25(30(27)28)10-12-6-8-24(9-7-12)15(26)29-14(16(18,19)20)17(21,22)23/h2-5,12,14H,6-10H2,1H3,(H,27,28)/p-1. The number of aryl methyl sites for hydroxylation is 1. The zero-order valence-corrected chi connectivity index (χ0v) is 16.5. The summed E-state index contributed by atoms with van der Waals surface area (Å²) in [4.78, 5) is 12.5. The quantitative estimate of drug-likeness (QED) is 0.492. The Labute approximate surface area is 171 Å². The highest BCUT2D eigenvalue weighted by Crippen LogP contribution is 2.36. The second-order valence-corrected chi connectivity index (χ2v) is 7.77. The molecule has 1 atom stereocenters. The second-order valence-electron chi connectivity index (χ2n) is 6.89. The fourth-order valence-electron chi connectivity index (χ4n) is 2.99. The van der Waals surface area contributed by atoms with Crippen molar-refractivity contribution in [3.05, 3.63) is 29.8 Å². The van der Waals surface area contributed by atoms with Gasteiger partial charge in [0.1, 0.15) is 0 Å². The fourth-order valence-corrected chi connectivity index (χ4v) is 3.62. The molecule has 1 fully saturated rings. The first-order valence-electron chi connectivity index (χ1n) is 8.81. The maximum Gasteiger partial charge on any atom is 0.434 e. The Kier molecular flexibility index (Phi) is 7.61. The number of hydrogen-bond acceptors (Lipinski definition) is 4. The number of hydrogen-bond donors (Lipinski definition) is 0. The SMILES string of the molecule is Cc1ccc(N(CC2CCN(C(=O)OC(C(F)(F)F)C(F)(F)F)CC2)S(=O)[O-])cc1. The van der Waals surface area contributed by atoms with Crippen LogP contribution in [0.1, 0.15) is 18.4 Å². The molecule has 30 heavy (non-hydrogen) atoms. The van der Waals surface area contributed by atoms with Gasteiger partial charge in [-0.3, -0.25) is 4.21 Å². The molecule has 0 spiro atoms. The lowest BCUT2D eigenvalue weighted by molar-refractivity contribution is -0.308. The van der Waals surface area contributed by atoms with Gasteiger partial charge in [0.2, 0.25) is 0 Å². The van der Waals surface area contributed by atoms with E-state index in [9.17, 15) is 39.9 Å². The number of anilines is 1. The second kappa shape index (κ2) is 9.41. The van der Waals surface area contributed by atoms with E-state index in [1.165, 1.54) is 0 Å². The van der Waals surface area contributed by atoms with Crippen molar-refractivity contribution in [1.29, 1.82) is 0 Å². The van der Waals surface area contributed by atoms with Gasteiger partial charge in [-0.05, 0) is 37.8 Å². The van der Waals surface area contributed by atoms with Gasteiger partial charge in [0.25, 0.3) is 6.10 Å². The molecule has 13 heteroatoms. The Hall–Kier alpha value is -2.02. The number of rotatable bonds is 5. The minimum atomic E-state index is -5.78. The van der Waals surface area contributed by atoms with Crippen LogP contribution in [-0.4, -0.2) is 57.8 Å². The van der Waals surface area contributed by atoms with Gasteiger partial charge in [-0.15, -0.1) is 0 Å². The predicted molar refractivity (Wildman–Crippen MR) is 94.1 cm³/mol. The number of amides is 1. The minimum absolute atomic E-state index is 0.0653. The molecule has 1 aliphatic heterocycles. The van der Waals surface area contributed by atoms with Crippen molar-refractivity contribution < 1.29 is 44.6 Å². The lowest BCUT2D eigenvalue weighted by Gasteiger charge is -2.36. The van der Waals surface area contributed by atoms with Gasteiger partial charge in [0.05, 0.1) is 0 Å². The number of likely N-dealkylation sites (tertiary alicyclic amines) is 1. The molecule has 1 aliphatic rings. The summed E-state index contributed by atoms with van der Waals surface area (Å²) in [6.07, 6.45) is -17.1. The maximum absolute atomic E-state index is 12.5. The van der Waals surface area contributed by atoms with Crippen LogP contribution in [0.5, 0.6) is 0 Å². The van der Waals surface area contributed by atoms with Crippen LogP contribution in [0.15, 0.2) is 24.3 Å². The molecule has 170 valence electrons. The Morgan fingerprint density at radius 1 is 1.17 bits per heavy atom. The van der Waals surface area contributed by atoms with Gasteiger partial charge in [0.15, 0.2) is 0 Å². The zero-order valence-electron chi connectivity index (χ0n) is 15.7. The normalized spacial score (nSPS) is 17.2. The molecule has 6 nitrogen and oxygen atoms in total. The Balaban J connectivity index is 1.95. The van der Waals surface area contributed by atoms with Crippen LogP contribution >= 0.6 is 0 Å². The van der Waals surface area contributed by atoms with Crippen LogP contribution < -0.4 is 4.31 Å². The zero-order chi connectivity index (χ0) is 22.7. The lowest BCUT2D eigenvalue weighted by atomic mass is 9.97. The Morgan fingerprint density at radius 2 is 1.67 bits per heavy atom. The number of benzene rings is 1. The van der Waals surface area contributed by atoms with Crippen molar-refractivity contribution in [1.82, 2.24) is 4.90 Å². The largest absolute Gasteiger partial charge is 0.755 e. The number of piperidine rings is 1. The fraction of sp³-hybridized carbons (Fsp3) is 0.588. The smallest absolute Gasteiger partial charge is 0.434 e. The van der Waals surface area contributed by atoms with E-state index in [4.69, 9.17) is 0 Å². The summed E-state index contributed by atoms with van der Waals surface area (Å²) in [5.41, 5.74) is 1.35. The molecule has 1 heterocycles. The van der Waals surface area contributed by atoms with Crippen molar-refractivity contribution in [3.63, 3.8) is 0 Å². The van der Waals surface area contributed by atoms with E-state index in [-0.39, 0.29) is 38.4 Å². The first-order chi connectivity index (χ1) is 13.8. The summed E-state index contributed by atoms with van der Waals surface area (Å²) in [5, 5.41) is 0. The number of alkyl halides is 6. The average Bonchev–Trinajstić information content (AvgIpc) is 2.63. The molecule has 1 aromatic rings. The molecule has 1 saturated heterocycles. The molecule has 1 unspecified atom stereocenters. The van der Waals surface area contributed by atoms with Crippen LogP contribution in [0.3, 0.4) is 0 Å². The van der Waals surface area contributed by atoms with E-state index in [0.29, 0.717) is 5.69 Å². The number of nitrogens with zero attached hydrogens (tertiary/aromatic N) is 2. The molecule has 1 aromatic carbocycles. The van der Waals surface area contributed by atoms with Crippen LogP contribution in [0.4, 0.5) is 36.8 Å². The van der Waals surface area contributed by atoms with E-state index in [0.717, 1.165) is 14.8 Å². The van der Waals surface area contributed by atoms with Crippen molar-refractivity contribution in [2.24, 2.45) is 5.92 Å². The van der Waals surface area contributed by atoms with Gasteiger partial charge in [-0.1, -0.05) is 17.7 Å². The molecule has 0 saturated carbocycles. The number of ether oxygens (including phenoxy) is 1. The van der Waals surface area contributed by atoms with Gasteiger partial charge >= 0.3 is 18.4 Å². The van der Waals surface area contributed by atoms with Crippen molar-refractivity contribution >= 4 is 23.0 Å². The van der Waals surface area contributed by atoms with E-state index in [2.05, 4.69) is 4.74 Å². The van der Waals surface area contributed by atoms with Crippen molar-refractivity contribution in [3.8, 4) is 0 Å². The molecule has 0 N–H and O–H groups in total. The number of halogens is 6. The van der Waals surface area contributed by atoms with Gasteiger partial charge in [0, 0.05) is 36.6 Å². The molecular weight excluding hydrogens is 442 g/mol. The number of carbonyl (C=O) groups is 1. The summed E-state index contributed by atoms with van der Waals surface area (Å²) in [6.45, 7) is 1.59. The van der Waals surface area contributed by atoms with E-state index >= 15 is 0 Å². The minimum Gasteiger partial charge on any atom is -0.755 e. The molecule has 0 radical (unpaired) electrons. The van der Waals surface area contributed by atoms with Crippen LogP contribution in [0.25, 0.3) is 0 Å². The highest BCUT2D eigenvalue weighted by atomic mass is 32.2. The van der Waals surface area contributed by atoms with E-state index in [1.54, 1.807) is 24.3 Å². The van der Waals surface area contributed by atoms with Gasteiger partial charge in [-0.25, -0.2) is 4.79 Å². The molecule has 0 aromatic heterocycles. The number of carbonyl (C=O) groups excluding carboxylic acids is 1. The van der Waals surface area contributed by atoms with Crippen LogP contribution in [-0.2, 0) is 16.0 Å². The maximum atomic E-state index is 12.5. The van der Waals surface area contributed by atoms with E-state index < -0.39 is 35.8 Å². The monoisotopic (exact) mass is 461 g/mol. The Morgan fingerprint density at radius 3 is 2.10 bits per heavy atom. The molecule has 2 rings (SSSR count).